The molecule has 3 aromatic rings. The van der Waals surface area contributed by atoms with Crippen molar-refractivity contribution in [1.82, 2.24) is 15.1 Å². The Labute approximate surface area is 143 Å². The minimum Gasteiger partial charge on any atom is -0.425 e. The zero-order valence-electron chi connectivity index (χ0n) is 13.1. The van der Waals surface area contributed by atoms with E-state index in [0.29, 0.717) is 24.7 Å². The molecule has 1 saturated heterocycles. The Bertz CT molecular complexity index is 814. The Morgan fingerprint density at radius 3 is 2.88 bits per heavy atom. The summed E-state index contributed by atoms with van der Waals surface area (Å²) in [5.74, 6) is 1.49. The molecule has 1 aliphatic heterocycles. The fraction of sp³-hybridized carbons (Fsp3) is 0.278. The van der Waals surface area contributed by atoms with Gasteiger partial charge < -0.3 is 9.32 Å². The first kappa shape index (κ1) is 15.1. The third kappa shape index (κ3) is 3.10. The molecule has 6 heteroatoms. The number of hydrogen-bond acceptors (Lipinski definition) is 5. The third-order valence-electron chi connectivity index (χ3n) is 4.24. The minimum absolute atomic E-state index is 0.0940. The molecule has 0 radical (unpaired) electrons. The first-order valence-electron chi connectivity index (χ1n) is 7.98. The zero-order chi connectivity index (χ0) is 16.4. The lowest BCUT2D eigenvalue weighted by Gasteiger charge is -2.14. The minimum atomic E-state index is 0.0940. The van der Waals surface area contributed by atoms with E-state index in [0.717, 1.165) is 23.4 Å². The van der Waals surface area contributed by atoms with Crippen LogP contribution in [0.2, 0.25) is 0 Å². The fourth-order valence-electron chi connectivity index (χ4n) is 2.98. The van der Waals surface area contributed by atoms with E-state index >= 15 is 0 Å². The summed E-state index contributed by atoms with van der Waals surface area (Å²) >= 11 is 1.48. The van der Waals surface area contributed by atoms with Crippen LogP contribution in [0.15, 0.2) is 52.3 Å². The summed E-state index contributed by atoms with van der Waals surface area (Å²) in [5.41, 5.74) is 1.15. The molecule has 0 N–H and O–H groups in total. The average molecular weight is 339 g/mol. The van der Waals surface area contributed by atoms with E-state index in [2.05, 4.69) is 10.2 Å². The second kappa shape index (κ2) is 6.57. The molecule has 1 aromatic carbocycles. The molecular formula is C18H17N3O2S. The van der Waals surface area contributed by atoms with Crippen molar-refractivity contribution < 1.29 is 9.21 Å². The van der Waals surface area contributed by atoms with Gasteiger partial charge in [-0.05, 0) is 23.4 Å². The summed E-state index contributed by atoms with van der Waals surface area (Å²) < 4.78 is 5.83. The molecule has 2 aromatic heterocycles. The zero-order valence-corrected chi connectivity index (χ0v) is 13.9. The van der Waals surface area contributed by atoms with Crippen LogP contribution in [0.25, 0.3) is 0 Å². The number of carbonyl (C=O) groups excluding carboxylic acids is 1. The van der Waals surface area contributed by atoms with Crippen LogP contribution in [0.4, 0.5) is 0 Å². The Balaban J connectivity index is 1.41. The molecule has 0 spiro atoms. The summed E-state index contributed by atoms with van der Waals surface area (Å²) in [6.45, 7) is 1.38. The largest absolute Gasteiger partial charge is 0.425 e. The van der Waals surface area contributed by atoms with Crippen molar-refractivity contribution in [2.75, 3.05) is 13.1 Å². The lowest BCUT2D eigenvalue weighted by Crippen LogP contribution is -2.27. The van der Waals surface area contributed by atoms with E-state index in [-0.39, 0.29) is 11.8 Å². The molecular weight excluding hydrogens is 322 g/mol. The van der Waals surface area contributed by atoms with Crippen molar-refractivity contribution in [3.63, 3.8) is 0 Å². The van der Waals surface area contributed by atoms with E-state index in [9.17, 15) is 4.79 Å². The van der Waals surface area contributed by atoms with Crippen LogP contribution in [-0.2, 0) is 6.42 Å². The van der Waals surface area contributed by atoms with Gasteiger partial charge in [0.05, 0.1) is 17.2 Å². The monoisotopic (exact) mass is 339 g/mol. The van der Waals surface area contributed by atoms with Crippen molar-refractivity contribution in [3.8, 4) is 0 Å². The van der Waals surface area contributed by atoms with Gasteiger partial charge in [0.2, 0.25) is 11.8 Å². The lowest BCUT2D eigenvalue weighted by molar-refractivity contribution is 0.0794. The molecule has 0 unspecified atom stereocenters. The molecule has 4 rings (SSSR count). The number of aromatic nitrogens is 2. The highest BCUT2D eigenvalue weighted by molar-refractivity contribution is 7.12. The lowest BCUT2D eigenvalue weighted by atomic mass is 10.1. The topological polar surface area (TPSA) is 59.2 Å². The molecule has 24 heavy (non-hydrogen) atoms. The second-order valence-electron chi connectivity index (χ2n) is 5.91. The Kier molecular flexibility index (Phi) is 4.13. The van der Waals surface area contributed by atoms with Crippen LogP contribution in [-0.4, -0.2) is 34.1 Å². The van der Waals surface area contributed by atoms with Gasteiger partial charge in [-0.3, -0.25) is 4.79 Å². The van der Waals surface area contributed by atoms with Gasteiger partial charge in [0.1, 0.15) is 0 Å². The first-order valence-corrected chi connectivity index (χ1v) is 8.86. The van der Waals surface area contributed by atoms with E-state index in [1.165, 1.54) is 11.3 Å². The highest BCUT2D eigenvalue weighted by Gasteiger charge is 2.31. The number of nitrogens with zero attached hydrogens (tertiary/aromatic N) is 3. The van der Waals surface area contributed by atoms with Crippen LogP contribution in [0, 0.1) is 0 Å². The van der Waals surface area contributed by atoms with Gasteiger partial charge in [0.25, 0.3) is 5.91 Å². The number of hydrogen-bond donors (Lipinski definition) is 0. The number of benzene rings is 1. The summed E-state index contributed by atoms with van der Waals surface area (Å²) in [6, 6.07) is 13.8. The first-order chi connectivity index (χ1) is 11.8. The fourth-order valence-corrected chi connectivity index (χ4v) is 3.67. The predicted octanol–water partition coefficient (Wildman–Crippen LogP) is 3.35. The third-order valence-corrected chi connectivity index (χ3v) is 5.10. The molecule has 1 aliphatic rings. The molecule has 1 fully saturated rings. The molecule has 1 atom stereocenters. The maximum absolute atomic E-state index is 12.4. The number of likely N-dealkylation sites (tertiary alicyclic amines) is 1. The quantitative estimate of drug-likeness (QED) is 0.731. The Morgan fingerprint density at radius 2 is 2.08 bits per heavy atom. The normalized spacial score (nSPS) is 17.3. The molecule has 0 aliphatic carbocycles. The number of carbonyl (C=O) groups is 1. The highest BCUT2D eigenvalue weighted by atomic mass is 32.1. The van der Waals surface area contributed by atoms with Crippen molar-refractivity contribution in [2.45, 2.75) is 18.8 Å². The van der Waals surface area contributed by atoms with Gasteiger partial charge in [0, 0.05) is 13.1 Å². The summed E-state index contributed by atoms with van der Waals surface area (Å²) in [7, 11) is 0. The van der Waals surface area contributed by atoms with E-state index in [1.807, 2.05) is 52.7 Å². The van der Waals surface area contributed by atoms with Crippen molar-refractivity contribution in [1.29, 1.82) is 0 Å². The molecule has 5 nitrogen and oxygen atoms in total. The highest BCUT2D eigenvalue weighted by Crippen LogP contribution is 2.28. The van der Waals surface area contributed by atoms with Gasteiger partial charge in [-0.2, -0.15) is 0 Å². The molecule has 1 amide bonds. The van der Waals surface area contributed by atoms with Gasteiger partial charge in [-0.1, -0.05) is 36.4 Å². The summed E-state index contributed by atoms with van der Waals surface area (Å²) in [4.78, 5) is 15.1. The van der Waals surface area contributed by atoms with Crippen molar-refractivity contribution in [2.24, 2.45) is 0 Å². The standard InChI is InChI=1S/C18H17N3O2S/c22-18(15-7-4-10-24-15)21-9-8-14(12-21)17-20-19-16(23-17)11-13-5-2-1-3-6-13/h1-7,10,14H,8-9,11-12H2/t14-/m0/s1. The SMILES string of the molecule is O=C(c1cccs1)N1CC[C@H](c2nnc(Cc3ccccc3)o2)C1. The number of rotatable bonds is 4. The van der Waals surface area contributed by atoms with Gasteiger partial charge in [0.15, 0.2) is 0 Å². The van der Waals surface area contributed by atoms with Crippen LogP contribution in [0.1, 0.15) is 39.4 Å². The molecule has 0 bridgehead atoms. The van der Waals surface area contributed by atoms with Crippen LogP contribution < -0.4 is 0 Å². The van der Waals surface area contributed by atoms with Gasteiger partial charge >= 0.3 is 0 Å². The molecule has 0 saturated carbocycles. The number of amides is 1. The van der Waals surface area contributed by atoms with Crippen molar-refractivity contribution in [3.05, 3.63) is 70.1 Å². The number of thiophene rings is 1. The van der Waals surface area contributed by atoms with Crippen LogP contribution in [0.3, 0.4) is 0 Å². The van der Waals surface area contributed by atoms with Gasteiger partial charge in [-0.25, -0.2) is 0 Å². The van der Waals surface area contributed by atoms with E-state index in [4.69, 9.17) is 4.42 Å². The van der Waals surface area contributed by atoms with E-state index < -0.39 is 0 Å². The second-order valence-corrected chi connectivity index (χ2v) is 6.86. The van der Waals surface area contributed by atoms with Crippen LogP contribution >= 0.6 is 11.3 Å². The maximum atomic E-state index is 12.4. The Morgan fingerprint density at radius 1 is 1.21 bits per heavy atom. The predicted molar refractivity (Wildman–Crippen MR) is 91.1 cm³/mol. The van der Waals surface area contributed by atoms with Crippen molar-refractivity contribution >= 4 is 17.2 Å². The van der Waals surface area contributed by atoms with Crippen LogP contribution in [0.5, 0.6) is 0 Å². The average Bonchev–Trinajstić information content (AvgIpc) is 3.36. The molecule has 3 heterocycles. The Hall–Kier alpha value is -2.47. The maximum Gasteiger partial charge on any atom is 0.263 e. The summed E-state index contributed by atoms with van der Waals surface area (Å²) in [5, 5.41) is 10.3. The van der Waals surface area contributed by atoms with E-state index in [1.54, 1.807) is 0 Å². The smallest absolute Gasteiger partial charge is 0.263 e. The summed E-state index contributed by atoms with van der Waals surface area (Å²) in [6.07, 6.45) is 1.50. The molecule has 122 valence electrons. The van der Waals surface area contributed by atoms with Gasteiger partial charge in [-0.15, -0.1) is 21.5 Å².